The predicted octanol–water partition coefficient (Wildman–Crippen LogP) is 2.90. The zero-order chi connectivity index (χ0) is 14.9. The van der Waals surface area contributed by atoms with Crippen LogP contribution in [0.15, 0.2) is 28.7 Å². The van der Waals surface area contributed by atoms with Gasteiger partial charge < -0.3 is 4.74 Å². The number of ether oxygens (including phenoxy) is 1. The maximum absolute atomic E-state index is 11.4. The van der Waals surface area contributed by atoms with Crippen LogP contribution in [0.5, 0.6) is 10.8 Å². The number of rotatable bonds is 4. The van der Waals surface area contributed by atoms with Crippen molar-refractivity contribution >= 4 is 38.5 Å². The normalized spacial score (nSPS) is 11.3. The summed E-state index contributed by atoms with van der Waals surface area (Å²) in [7, 11) is -3.55. The van der Waals surface area contributed by atoms with Crippen molar-refractivity contribution in [3.63, 3.8) is 0 Å². The summed E-state index contributed by atoms with van der Waals surface area (Å²) < 4.78 is 28.0. The molecule has 2 aromatic heterocycles. The standard InChI is InChI=1S/C10H7ClN2O5S2/c1-20(16,17)9-3-8(13(14)15)10(19-9)18-7-2-6(11)4-12-5-7/h2-5H,1H3. The van der Waals surface area contributed by atoms with Crippen molar-refractivity contribution in [1.82, 2.24) is 4.98 Å². The second-order valence-electron chi connectivity index (χ2n) is 3.71. The minimum absolute atomic E-state index is 0.139. The number of halogens is 1. The summed E-state index contributed by atoms with van der Waals surface area (Å²) in [4.78, 5) is 14.0. The van der Waals surface area contributed by atoms with E-state index in [0.717, 1.165) is 12.3 Å². The summed E-state index contributed by atoms with van der Waals surface area (Å²) in [6.07, 6.45) is 3.65. The summed E-state index contributed by atoms with van der Waals surface area (Å²) in [5, 5.41) is 11.1. The molecule has 106 valence electrons. The Kier molecular flexibility index (Phi) is 3.93. The van der Waals surface area contributed by atoms with Crippen LogP contribution in [0.1, 0.15) is 0 Å². The highest BCUT2D eigenvalue weighted by atomic mass is 35.5. The Hall–Kier alpha value is -1.71. The van der Waals surface area contributed by atoms with E-state index in [1.807, 2.05) is 0 Å². The number of hydrogen-bond acceptors (Lipinski definition) is 7. The number of nitro groups is 1. The first-order valence-electron chi connectivity index (χ1n) is 5.04. The molecule has 10 heteroatoms. The van der Waals surface area contributed by atoms with E-state index in [0.29, 0.717) is 16.4 Å². The highest BCUT2D eigenvalue weighted by Gasteiger charge is 2.25. The van der Waals surface area contributed by atoms with E-state index in [1.54, 1.807) is 0 Å². The topological polar surface area (TPSA) is 99.4 Å². The minimum atomic E-state index is -3.55. The molecular weight excluding hydrogens is 328 g/mol. The Balaban J connectivity index is 2.45. The second-order valence-corrected chi connectivity index (χ2v) is 7.40. The number of thiophene rings is 1. The summed E-state index contributed by atoms with van der Waals surface area (Å²) >= 11 is 6.40. The van der Waals surface area contributed by atoms with Gasteiger partial charge in [0.2, 0.25) is 0 Å². The molecule has 0 spiro atoms. The number of aromatic nitrogens is 1. The van der Waals surface area contributed by atoms with E-state index in [1.165, 1.54) is 18.5 Å². The van der Waals surface area contributed by atoms with E-state index in [2.05, 4.69) is 4.98 Å². The molecule has 7 nitrogen and oxygen atoms in total. The van der Waals surface area contributed by atoms with Crippen molar-refractivity contribution in [3.8, 4) is 10.8 Å². The predicted molar refractivity (Wildman–Crippen MR) is 73.4 cm³/mol. The molecule has 2 aromatic rings. The summed E-state index contributed by atoms with van der Waals surface area (Å²) in [6.45, 7) is 0. The van der Waals surface area contributed by atoms with Crippen LogP contribution in [0.25, 0.3) is 0 Å². The average molecular weight is 335 g/mol. The number of nitrogens with zero attached hydrogens (tertiary/aromatic N) is 2. The molecule has 0 radical (unpaired) electrons. The first-order chi connectivity index (χ1) is 9.27. The molecule has 0 aliphatic carbocycles. The third-order valence-electron chi connectivity index (χ3n) is 2.11. The molecule has 0 atom stereocenters. The van der Waals surface area contributed by atoms with E-state index in [-0.39, 0.29) is 15.0 Å². The quantitative estimate of drug-likeness (QED) is 0.629. The van der Waals surface area contributed by atoms with Gasteiger partial charge in [0.15, 0.2) is 9.84 Å². The Labute approximate surface area is 122 Å². The van der Waals surface area contributed by atoms with Gasteiger partial charge in [0.05, 0.1) is 16.1 Å². The van der Waals surface area contributed by atoms with Gasteiger partial charge in [-0.05, 0) is 0 Å². The van der Waals surface area contributed by atoms with E-state index < -0.39 is 20.4 Å². The maximum atomic E-state index is 11.4. The van der Waals surface area contributed by atoms with Crippen LogP contribution in [0, 0.1) is 10.1 Å². The second kappa shape index (κ2) is 5.35. The van der Waals surface area contributed by atoms with Crippen LogP contribution in [0.4, 0.5) is 5.69 Å². The first kappa shape index (κ1) is 14.7. The third kappa shape index (κ3) is 3.24. The lowest BCUT2D eigenvalue weighted by atomic mass is 10.4. The number of sulfone groups is 1. The molecule has 0 N–H and O–H groups in total. The summed E-state index contributed by atoms with van der Waals surface area (Å²) in [6, 6.07) is 2.38. The van der Waals surface area contributed by atoms with Gasteiger partial charge in [0, 0.05) is 24.6 Å². The van der Waals surface area contributed by atoms with Crippen LogP contribution in [-0.2, 0) is 9.84 Å². The molecule has 20 heavy (non-hydrogen) atoms. The van der Waals surface area contributed by atoms with Gasteiger partial charge in [-0.15, -0.1) is 0 Å². The molecule has 0 aliphatic rings. The Morgan fingerprint density at radius 2 is 2.10 bits per heavy atom. The zero-order valence-corrected chi connectivity index (χ0v) is 12.3. The highest BCUT2D eigenvalue weighted by Crippen LogP contribution is 2.41. The monoisotopic (exact) mass is 334 g/mol. The Morgan fingerprint density at radius 3 is 2.65 bits per heavy atom. The smallest absolute Gasteiger partial charge is 0.324 e. The van der Waals surface area contributed by atoms with E-state index in [4.69, 9.17) is 16.3 Å². The number of hydrogen-bond donors (Lipinski definition) is 0. The molecule has 0 saturated carbocycles. The molecule has 0 saturated heterocycles. The van der Waals surface area contributed by atoms with Crippen molar-refractivity contribution < 1.29 is 18.1 Å². The molecule has 0 amide bonds. The lowest BCUT2D eigenvalue weighted by Crippen LogP contribution is -1.92. The van der Waals surface area contributed by atoms with Gasteiger partial charge in [-0.25, -0.2) is 8.42 Å². The van der Waals surface area contributed by atoms with E-state index in [9.17, 15) is 18.5 Å². The van der Waals surface area contributed by atoms with Gasteiger partial charge in [-0.3, -0.25) is 15.1 Å². The van der Waals surface area contributed by atoms with Crippen molar-refractivity contribution in [2.45, 2.75) is 4.21 Å². The average Bonchev–Trinajstić information content (AvgIpc) is 2.72. The van der Waals surface area contributed by atoms with Crippen LogP contribution in [0.3, 0.4) is 0 Å². The van der Waals surface area contributed by atoms with Crippen molar-refractivity contribution in [3.05, 3.63) is 39.7 Å². The van der Waals surface area contributed by atoms with Crippen molar-refractivity contribution in [2.75, 3.05) is 6.26 Å². The highest BCUT2D eigenvalue weighted by molar-refractivity contribution is 7.92. The molecule has 0 fully saturated rings. The Morgan fingerprint density at radius 1 is 1.40 bits per heavy atom. The van der Waals surface area contributed by atoms with Crippen molar-refractivity contribution in [1.29, 1.82) is 0 Å². The minimum Gasteiger partial charge on any atom is -0.438 e. The van der Waals surface area contributed by atoms with Gasteiger partial charge in [-0.1, -0.05) is 22.9 Å². The molecule has 2 rings (SSSR count). The lowest BCUT2D eigenvalue weighted by molar-refractivity contribution is -0.385. The van der Waals surface area contributed by atoms with Gasteiger partial charge in [-0.2, -0.15) is 0 Å². The molecule has 0 aliphatic heterocycles. The van der Waals surface area contributed by atoms with Crippen LogP contribution in [0.2, 0.25) is 5.02 Å². The summed E-state index contributed by atoms with van der Waals surface area (Å²) in [5.41, 5.74) is -0.421. The fraction of sp³-hybridized carbons (Fsp3) is 0.100. The lowest BCUT2D eigenvalue weighted by Gasteiger charge is -2.01. The third-order valence-corrected chi connectivity index (χ3v) is 5.12. The van der Waals surface area contributed by atoms with Crippen molar-refractivity contribution in [2.24, 2.45) is 0 Å². The van der Waals surface area contributed by atoms with Crippen LogP contribution in [-0.4, -0.2) is 24.6 Å². The molecular formula is C10H7ClN2O5S2. The summed E-state index contributed by atoms with van der Waals surface area (Å²) in [5.74, 6) is 0.183. The fourth-order valence-electron chi connectivity index (χ4n) is 1.28. The SMILES string of the molecule is CS(=O)(=O)c1cc([N+](=O)[O-])c(Oc2cncc(Cl)c2)s1. The number of pyridine rings is 1. The molecule has 0 unspecified atom stereocenters. The molecule has 0 bridgehead atoms. The van der Waals surface area contributed by atoms with Gasteiger partial charge in [0.1, 0.15) is 9.96 Å². The van der Waals surface area contributed by atoms with Gasteiger partial charge >= 0.3 is 5.69 Å². The first-order valence-corrected chi connectivity index (χ1v) is 8.12. The van der Waals surface area contributed by atoms with Gasteiger partial charge in [0.25, 0.3) is 5.06 Å². The van der Waals surface area contributed by atoms with Crippen LogP contribution >= 0.6 is 22.9 Å². The largest absolute Gasteiger partial charge is 0.438 e. The molecule has 2 heterocycles. The zero-order valence-electron chi connectivity index (χ0n) is 9.94. The van der Waals surface area contributed by atoms with E-state index >= 15 is 0 Å². The molecule has 0 aromatic carbocycles. The fourth-order valence-corrected chi connectivity index (χ4v) is 3.33. The maximum Gasteiger partial charge on any atom is 0.324 e. The van der Waals surface area contributed by atoms with Crippen LogP contribution < -0.4 is 4.74 Å². The Bertz CT molecular complexity index is 772.